The molecule has 1 N–H and O–H groups in total. The van der Waals surface area contributed by atoms with E-state index in [2.05, 4.69) is 57.5 Å². The van der Waals surface area contributed by atoms with Crippen LogP contribution < -0.4 is 5.69 Å². The SMILES string of the molecule is Cc1cc2nc(-c3ccccc3Br)n(/C=C(\c3ccccc3)n3c(=O)[nH]c4ccccc43)c2cc1C. The van der Waals surface area contributed by atoms with E-state index in [-0.39, 0.29) is 5.69 Å². The molecule has 2 heterocycles. The van der Waals surface area contributed by atoms with Crippen LogP contribution in [-0.4, -0.2) is 19.1 Å². The molecule has 4 aromatic carbocycles. The molecular formula is C30H23BrN4O. The average molecular weight is 535 g/mol. The molecule has 0 atom stereocenters. The topological polar surface area (TPSA) is 55.6 Å². The number of aryl methyl sites for hydroxylation is 2. The van der Waals surface area contributed by atoms with E-state index in [9.17, 15) is 4.79 Å². The summed E-state index contributed by atoms with van der Waals surface area (Å²) in [6, 6.07) is 30.1. The molecule has 0 saturated carbocycles. The third-order valence-electron chi connectivity index (χ3n) is 6.57. The number of H-pyrrole nitrogens is 1. The first-order valence-corrected chi connectivity index (χ1v) is 12.5. The summed E-state index contributed by atoms with van der Waals surface area (Å²) in [5.74, 6) is 0.795. The van der Waals surface area contributed by atoms with Crippen LogP contribution in [-0.2, 0) is 0 Å². The molecule has 6 heteroatoms. The summed E-state index contributed by atoms with van der Waals surface area (Å²) in [6.45, 7) is 4.21. The number of para-hydroxylation sites is 2. The Morgan fingerprint density at radius 3 is 2.36 bits per heavy atom. The summed E-state index contributed by atoms with van der Waals surface area (Å²) in [5.41, 5.74) is 8.31. The van der Waals surface area contributed by atoms with Gasteiger partial charge < -0.3 is 4.98 Å². The lowest BCUT2D eigenvalue weighted by molar-refractivity contribution is 1.04. The monoisotopic (exact) mass is 534 g/mol. The number of imidazole rings is 2. The molecule has 0 fully saturated rings. The van der Waals surface area contributed by atoms with Crippen molar-refractivity contribution in [3.63, 3.8) is 0 Å². The first-order chi connectivity index (χ1) is 17.5. The molecule has 36 heavy (non-hydrogen) atoms. The fourth-order valence-electron chi connectivity index (χ4n) is 4.60. The standard InChI is InChI=1S/C30H23BrN4O/c1-19-16-25-27(17-20(19)2)34(29(32-25)22-12-6-7-13-23(22)31)18-28(21-10-4-3-5-11-21)35-26-15-9-8-14-24(26)33-30(35)36/h3-18H,1-2H3,(H,33,36)/b28-18+. The fraction of sp³-hybridized carbons (Fsp3) is 0.0667. The van der Waals surface area contributed by atoms with Gasteiger partial charge in [-0.15, -0.1) is 0 Å². The van der Waals surface area contributed by atoms with Crippen molar-refractivity contribution in [2.45, 2.75) is 13.8 Å². The number of halogens is 1. The van der Waals surface area contributed by atoms with E-state index in [0.717, 1.165) is 49.2 Å². The van der Waals surface area contributed by atoms with Gasteiger partial charge in [0.15, 0.2) is 0 Å². The second-order valence-corrected chi connectivity index (χ2v) is 9.73. The predicted molar refractivity (Wildman–Crippen MR) is 151 cm³/mol. The molecule has 0 aliphatic carbocycles. The average Bonchev–Trinajstić information content (AvgIpc) is 3.40. The van der Waals surface area contributed by atoms with E-state index < -0.39 is 0 Å². The van der Waals surface area contributed by atoms with Gasteiger partial charge in [0.05, 0.1) is 27.8 Å². The highest BCUT2D eigenvalue weighted by Gasteiger charge is 2.18. The molecule has 0 aliphatic rings. The van der Waals surface area contributed by atoms with Gasteiger partial charge in [-0.25, -0.2) is 9.78 Å². The van der Waals surface area contributed by atoms with Gasteiger partial charge in [-0.3, -0.25) is 9.13 Å². The Labute approximate surface area is 216 Å². The Morgan fingerprint density at radius 1 is 0.861 bits per heavy atom. The molecule has 176 valence electrons. The van der Waals surface area contributed by atoms with E-state index in [1.54, 1.807) is 4.57 Å². The number of aromatic nitrogens is 4. The Balaban J connectivity index is 1.74. The van der Waals surface area contributed by atoms with Crippen LogP contribution in [0.3, 0.4) is 0 Å². The van der Waals surface area contributed by atoms with Crippen LogP contribution in [0, 0.1) is 13.8 Å². The predicted octanol–water partition coefficient (Wildman–Crippen LogP) is 7.23. The minimum absolute atomic E-state index is 0.190. The number of fused-ring (bicyclic) bond motifs is 2. The van der Waals surface area contributed by atoms with Crippen LogP contribution in [0.4, 0.5) is 0 Å². The highest BCUT2D eigenvalue weighted by Crippen LogP contribution is 2.33. The van der Waals surface area contributed by atoms with Crippen LogP contribution in [0.15, 0.2) is 100 Å². The molecule has 2 aromatic heterocycles. The largest absolute Gasteiger partial charge is 0.331 e. The van der Waals surface area contributed by atoms with Gasteiger partial charge in [0, 0.05) is 21.8 Å². The van der Waals surface area contributed by atoms with Crippen molar-refractivity contribution in [3.8, 4) is 11.4 Å². The van der Waals surface area contributed by atoms with E-state index >= 15 is 0 Å². The van der Waals surface area contributed by atoms with Crippen molar-refractivity contribution >= 4 is 49.9 Å². The third-order valence-corrected chi connectivity index (χ3v) is 7.26. The van der Waals surface area contributed by atoms with Crippen molar-refractivity contribution < 1.29 is 0 Å². The smallest absolute Gasteiger partial charge is 0.305 e. The highest BCUT2D eigenvalue weighted by atomic mass is 79.9. The Bertz CT molecular complexity index is 1840. The Hall–Kier alpha value is -4.16. The molecule has 0 spiro atoms. The molecule has 5 nitrogen and oxygen atoms in total. The maximum absolute atomic E-state index is 13.3. The zero-order valence-electron chi connectivity index (χ0n) is 19.9. The van der Waals surface area contributed by atoms with Crippen LogP contribution in [0.1, 0.15) is 16.7 Å². The summed E-state index contributed by atoms with van der Waals surface area (Å²) < 4.78 is 4.79. The maximum Gasteiger partial charge on any atom is 0.331 e. The van der Waals surface area contributed by atoms with Crippen molar-refractivity contribution in [2.24, 2.45) is 0 Å². The summed E-state index contributed by atoms with van der Waals surface area (Å²) in [4.78, 5) is 21.3. The molecule has 0 aliphatic heterocycles. The van der Waals surface area contributed by atoms with Crippen molar-refractivity contribution in [2.75, 3.05) is 0 Å². The number of aromatic amines is 1. The zero-order valence-corrected chi connectivity index (χ0v) is 21.5. The fourth-order valence-corrected chi connectivity index (χ4v) is 5.06. The third kappa shape index (κ3) is 3.71. The lowest BCUT2D eigenvalue weighted by atomic mass is 10.1. The number of rotatable bonds is 4. The van der Waals surface area contributed by atoms with E-state index in [4.69, 9.17) is 4.98 Å². The van der Waals surface area contributed by atoms with Crippen LogP contribution >= 0.6 is 15.9 Å². The summed E-state index contributed by atoms with van der Waals surface area (Å²) in [6.07, 6.45) is 2.02. The van der Waals surface area contributed by atoms with Gasteiger partial charge in [0.25, 0.3) is 0 Å². The summed E-state index contributed by atoms with van der Waals surface area (Å²) >= 11 is 3.71. The van der Waals surface area contributed by atoms with Crippen molar-refractivity contribution in [1.29, 1.82) is 0 Å². The summed E-state index contributed by atoms with van der Waals surface area (Å²) in [5, 5.41) is 0. The van der Waals surface area contributed by atoms with Gasteiger partial charge in [0.1, 0.15) is 5.82 Å². The van der Waals surface area contributed by atoms with Gasteiger partial charge >= 0.3 is 5.69 Å². The van der Waals surface area contributed by atoms with Gasteiger partial charge in [-0.05, 0) is 55.3 Å². The van der Waals surface area contributed by atoms with Gasteiger partial charge in [-0.2, -0.15) is 0 Å². The molecule has 0 unspecified atom stereocenters. The molecule has 6 rings (SSSR count). The van der Waals surface area contributed by atoms with Crippen LogP contribution in [0.5, 0.6) is 0 Å². The first kappa shape index (κ1) is 22.3. The van der Waals surface area contributed by atoms with E-state index in [0.29, 0.717) is 0 Å². The number of hydrogen-bond acceptors (Lipinski definition) is 2. The lowest BCUT2D eigenvalue weighted by Crippen LogP contribution is -2.17. The first-order valence-electron chi connectivity index (χ1n) is 11.7. The van der Waals surface area contributed by atoms with Crippen molar-refractivity contribution in [1.82, 2.24) is 19.1 Å². The second-order valence-electron chi connectivity index (χ2n) is 8.87. The minimum Gasteiger partial charge on any atom is -0.305 e. The summed E-state index contributed by atoms with van der Waals surface area (Å²) in [7, 11) is 0. The Morgan fingerprint density at radius 2 is 1.56 bits per heavy atom. The molecule has 0 bridgehead atoms. The number of hydrogen-bond donors (Lipinski definition) is 1. The normalized spacial score (nSPS) is 12.0. The zero-order chi connectivity index (χ0) is 24.8. The van der Waals surface area contributed by atoms with Crippen LogP contribution in [0.2, 0.25) is 0 Å². The number of nitrogens with one attached hydrogen (secondary N) is 1. The van der Waals surface area contributed by atoms with E-state index in [1.165, 1.54) is 11.1 Å². The molecule has 6 aromatic rings. The van der Waals surface area contributed by atoms with E-state index in [1.807, 2.05) is 79.0 Å². The highest BCUT2D eigenvalue weighted by molar-refractivity contribution is 9.10. The molecule has 0 amide bonds. The number of nitrogens with zero attached hydrogens (tertiary/aromatic N) is 3. The maximum atomic E-state index is 13.3. The second kappa shape index (κ2) is 8.81. The molecule has 0 saturated heterocycles. The van der Waals surface area contributed by atoms with Crippen LogP contribution in [0.25, 0.3) is 45.4 Å². The minimum atomic E-state index is -0.190. The molecule has 0 radical (unpaired) electrons. The van der Waals surface area contributed by atoms with Gasteiger partial charge in [0.2, 0.25) is 0 Å². The van der Waals surface area contributed by atoms with Gasteiger partial charge in [-0.1, -0.05) is 76.6 Å². The quantitative estimate of drug-likeness (QED) is 0.259. The Kier molecular flexibility index (Phi) is 5.46. The molecular weight excluding hydrogens is 512 g/mol. The number of benzene rings is 4. The van der Waals surface area contributed by atoms with Crippen molar-refractivity contribution in [3.05, 3.63) is 123 Å². The lowest BCUT2D eigenvalue weighted by Gasteiger charge is -2.13.